The number of carbonyl (C=O) groups is 1. The number of hydrogen-bond acceptors (Lipinski definition) is 5. The van der Waals surface area contributed by atoms with E-state index in [1.807, 2.05) is 25.9 Å². The van der Waals surface area contributed by atoms with Crippen molar-refractivity contribution in [3.05, 3.63) is 35.4 Å². The summed E-state index contributed by atoms with van der Waals surface area (Å²) < 4.78 is 31.6. The van der Waals surface area contributed by atoms with Gasteiger partial charge in [-0.3, -0.25) is 0 Å². The second-order valence-corrected chi connectivity index (χ2v) is 7.32. The third-order valence-electron chi connectivity index (χ3n) is 3.09. The van der Waals surface area contributed by atoms with Crippen molar-refractivity contribution < 1.29 is 17.9 Å². The number of nitrogens with zero attached hydrogens (tertiary/aromatic N) is 1. The van der Waals surface area contributed by atoms with Gasteiger partial charge in [-0.25, -0.2) is 17.9 Å². The number of esters is 1. The van der Waals surface area contributed by atoms with Crippen LogP contribution in [-0.4, -0.2) is 53.1 Å². The smallest absolute Gasteiger partial charge is 0.337 e. The molecule has 1 N–H and O–H groups in total. The maximum absolute atomic E-state index is 12.2. The predicted molar refractivity (Wildman–Crippen MR) is 86.2 cm³/mol. The molecule has 0 saturated carbocycles. The van der Waals surface area contributed by atoms with Gasteiger partial charge in [0.2, 0.25) is 10.0 Å². The molecule has 0 spiro atoms. The summed E-state index contributed by atoms with van der Waals surface area (Å²) in [7, 11) is 1.73. The zero-order valence-electron chi connectivity index (χ0n) is 13.5. The highest BCUT2D eigenvalue weighted by atomic mass is 32.2. The predicted octanol–water partition coefficient (Wildman–Crippen LogP) is 1.23. The van der Waals surface area contributed by atoms with Crippen molar-refractivity contribution in [3.8, 4) is 0 Å². The Kier molecular flexibility index (Phi) is 6.99. The van der Waals surface area contributed by atoms with Gasteiger partial charge in [0.25, 0.3) is 0 Å². The van der Waals surface area contributed by atoms with Crippen LogP contribution in [0, 0.1) is 0 Å². The molecule has 0 bridgehead atoms. The molecule has 0 aliphatic heterocycles. The van der Waals surface area contributed by atoms with E-state index in [0.717, 1.165) is 13.0 Å². The Morgan fingerprint density at radius 3 is 2.64 bits per heavy atom. The van der Waals surface area contributed by atoms with Crippen molar-refractivity contribution in [3.63, 3.8) is 0 Å². The largest absolute Gasteiger partial charge is 0.465 e. The number of sulfonamides is 1. The van der Waals surface area contributed by atoms with Crippen molar-refractivity contribution in [2.24, 2.45) is 0 Å². The van der Waals surface area contributed by atoms with E-state index in [-0.39, 0.29) is 11.8 Å². The summed E-state index contributed by atoms with van der Waals surface area (Å²) in [5, 5.41) is 0. The molecule has 1 unspecified atom stereocenters. The van der Waals surface area contributed by atoms with Crippen LogP contribution < -0.4 is 4.72 Å². The van der Waals surface area contributed by atoms with E-state index < -0.39 is 16.0 Å². The highest BCUT2D eigenvalue weighted by Gasteiger charge is 2.16. The zero-order valence-corrected chi connectivity index (χ0v) is 14.3. The molecule has 0 amide bonds. The van der Waals surface area contributed by atoms with Gasteiger partial charge < -0.3 is 9.64 Å². The topological polar surface area (TPSA) is 75.7 Å². The fourth-order valence-electron chi connectivity index (χ4n) is 1.98. The summed E-state index contributed by atoms with van der Waals surface area (Å²) in [6.07, 6.45) is 0.731. The molecule has 22 heavy (non-hydrogen) atoms. The van der Waals surface area contributed by atoms with Crippen LogP contribution in [-0.2, 0) is 20.5 Å². The zero-order chi connectivity index (χ0) is 16.8. The standard InChI is InChI=1S/C15H24N2O4S/c1-12(8-9-17(2)3)16-22(19,20)11-13-6-5-7-14(10-13)15(18)21-4/h5-7,10,12,16H,8-9,11H2,1-4H3. The Balaban J connectivity index is 2.70. The first-order valence-corrected chi connectivity index (χ1v) is 8.70. The first-order valence-electron chi connectivity index (χ1n) is 7.05. The van der Waals surface area contributed by atoms with Gasteiger partial charge in [-0.1, -0.05) is 12.1 Å². The first-order chi connectivity index (χ1) is 10.2. The number of rotatable bonds is 8. The van der Waals surface area contributed by atoms with Crippen LogP contribution in [0.15, 0.2) is 24.3 Å². The van der Waals surface area contributed by atoms with Crippen LogP contribution in [0.1, 0.15) is 29.3 Å². The van der Waals surface area contributed by atoms with E-state index in [1.165, 1.54) is 13.2 Å². The molecular formula is C15H24N2O4S. The van der Waals surface area contributed by atoms with Crippen LogP contribution >= 0.6 is 0 Å². The second-order valence-electron chi connectivity index (χ2n) is 5.56. The Labute approximate surface area is 132 Å². The minimum atomic E-state index is -3.45. The number of methoxy groups -OCH3 is 1. The molecule has 0 aromatic heterocycles. The minimum absolute atomic E-state index is 0.142. The Morgan fingerprint density at radius 1 is 1.36 bits per heavy atom. The van der Waals surface area contributed by atoms with Gasteiger partial charge in [0, 0.05) is 6.04 Å². The Morgan fingerprint density at radius 2 is 2.05 bits per heavy atom. The molecular weight excluding hydrogens is 304 g/mol. The highest BCUT2D eigenvalue weighted by Crippen LogP contribution is 2.10. The van der Waals surface area contributed by atoms with E-state index in [4.69, 9.17) is 0 Å². The molecule has 124 valence electrons. The molecule has 0 heterocycles. The van der Waals surface area contributed by atoms with Crippen molar-refractivity contribution in [2.75, 3.05) is 27.7 Å². The lowest BCUT2D eigenvalue weighted by atomic mass is 10.1. The summed E-state index contributed by atoms with van der Waals surface area (Å²) in [6, 6.07) is 6.31. The van der Waals surface area contributed by atoms with Crippen LogP contribution in [0.3, 0.4) is 0 Å². The van der Waals surface area contributed by atoms with Crippen LogP contribution in [0.2, 0.25) is 0 Å². The maximum atomic E-state index is 12.2. The maximum Gasteiger partial charge on any atom is 0.337 e. The first kappa shape index (κ1) is 18.6. The summed E-state index contributed by atoms with van der Waals surface area (Å²) in [4.78, 5) is 13.5. The van der Waals surface area contributed by atoms with E-state index >= 15 is 0 Å². The SMILES string of the molecule is COC(=O)c1cccc(CS(=O)(=O)NC(C)CCN(C)C)c1. The van der Waals surface area contributed by atoms with Gasteiger partial charge in [-0.05, 0) is 51.7 Å². The molecule has 1 aromatic carbocycles. The third-order valence-corrected chi connectivity index (χ3v) is 4.57. The van der Waals surface area contributed by atoms with Gasteiger partial charge in [0.1, 0.15) is 0 Å². The molecule has 1 aromatic rings. The summed E-state index contributed by atoms with van der Waals surface area (Å²) >= 11 is 0. The molecule has 0 fully saturated rings. The fourth-order valence-corrected chi connectivity index (χ4v) is 3.42. The van der Waals surface area contributed by atoms with E-state index in [9.17, 15) is 13.2 Å². The molecule has 1 rings (SSSR count). The molecule has 1 atom stereocenters. The van der Waals surface area contributed by atoms with Crippen molar-refractivity contribution in [1.82, 2.24) is 9.62 Å². The molecule has 0 radical (unpaired) electrons. The monoisotopic (exact) mass is 328 g/mol. The number of hydrogen-bond donors (Lipinski definition) is 1. The summed E-state index contributed by atoms with van der Waals surface area (Å²) in [6.45, 7) is 2.65. The Bertz CT molecular complexity index is 599. The minimum Gasteiger partial charge on any atom is -0.465 e. The molecule has 0 aliphatic rings. The highest BCUT2D eigenvalue weighted by molar-refractivity contribution is 7.88. The normalized spacial score (nSPS) is 13.1. The van der Waals surface area contributed by atoms with Crippen LogP contribution in [0.25, 0.3) is 0 Å². The lowest BCUT2D eigenvalue weighted by molar-refractivity contribution is 0.0600. The van der Waals surface area contributed by atoms with Gasteiger partial charge in [-0.2, -0.15) is 0 Å². The Hall–Kier alpha value is -1.44. The lowest BCUT2D eigenvalue weighted by Gasteiger charge is -2.17. The number of carbonyl (C=O) groups excluding carboxylic acids is 1. The average molecular weight is 328 g/mol. The number of ether oxygens (including phenoxy) is 1. The number of nitrogens with one attached hydrogen (secondary N) is 1. The quantitative estimate of drug-likeness (QED) is 0.727. The van der Waals surface area contributed by atoms with E-state index in [1.54, 1.807) is 18.2 Å². The summed E-state index contributed by atoms with van der Waals surface area (Å²) in [5.41, 5.74) is 0.895. The molecule has 0 aliphatic carbocycles. The van der Waals surface area contributed by atoms with Crippen LogP contribution in [0.4, 0.5) is 0 Å². The van der Waals surface area contributed by atoms with E-state index in [0.29, 0.717) is 11.1 Å². The fraction of sp³-hybridized carbons (Fsp3) is 0.533. The lowest BCUT2D eigenvalue weighted by Crippen LogP contribution is -2.35. The van der Waals surface area contributed by atoms with Crippen molar-refractivity contribution >= 4 is 16.0 Å². The summed E-state index contributed by atoms with van der Waals surface area (Å²) in [5.74, 6) is -0.643. The van der Waals surface area contributed by atoms with Crippen molar-refractivity contribution in [1.29, 1.82) is 0 Å². The second kappa shape index (κ2) is 8.26. The van der Waals surface area contributed by atoms with Gasteiger partial charge in [-0.15, -0.1) is 0 Å². The molecule has 0 saturated heterocycles. The third kappa shape index (κ3) is 6.55. The van der Waals surface area contributed by atoms with Crippen LogP contribution in [0.5, 0.6) is 0 Å². The van der Waals surface area contributed by atoms with Gasteiger partial charge in [0.05, 0.1) is 18.4 Å². The molecule has 7 heteroatoms. The van der Waals surface area contributed by atoms with E-state index in [2.05, 4.69) is 9.46 Å². The number of benzene rings is 1. The average Bonchev–Trinajstić information content (AvgIpc) is 2.43. The van der Waals surface area contributed by atoms with Crippen molar-refractivity contribution in [2.45, 2.75) is 25.1 Å². The van der Waals surface area contributed by atoms with Gasteiger partial charge in [0.15, 0.2) is 0 Å². The van der Waals surface area contributed by atoms with Gasteiger partial charge >= 0.3 is 5.97 Å². The molecule has 6 nitrogen and oxygen atoms in total.